The van der Waals surface area contributed by atoms with E-state index in [9.17, 15) is 4.39 Å². The van der Waals surface area contributed by atoms with Crippen molar-refractivity contribution >= 4 is 0 Å². The van der Waals surface area contributed by atoms with Crippen LogP contribution in [0.2, 0.25) is 0 Å². The minimum atomic E-state index is -0.427. The van der Waals surface area contributed by atoms with Gasteiger partial charge in [0.1, 0.15) is 6.67 Å². The van der Waals surface area contributed by atoms with Gasteiger partial charge in [0.2, 0.25) is 0 Å². The fourth-order valence-electron chi connectivity index (χ4n) is 0.231. The van der Waals surface area contributed by atoms with Gasteiger partial charge in [-0.25, -0.2) is 4.39 Å². The Morgan fingerprint density at radius 1 is 1.50 bits per heavy atom. The molecule has 0 bridgehead atoms. The molecule has 0 radical (unpaired) electrons. The van der Waals surface area contributed by atoms with Gasteiger partial charge in [0, 0.05) is 6.04 Å². The van der Waals surface area contributed by atoms with Crippen molar-refractivity contribution in [3.8, 4) is 0 Å². The first kappa shape index (κ1) is 7.89. The van der Waals surface area contributed by atoms with Crippen LogP contribution in [0.25, 0.3) is 0 Å². The van der Waals surface area contributed by atoms with E-state index in [-0.39, 0.29) is 11.5 Å². The van der Waals surface area contributed by atoms with E-state index < -0.39 is 6.67 Å². The highest BCUT2D eigenvalue weighted by molar-refractivity contribution is 4.75. The molecule has 0 aromatic rings. The Morgan fingerprint density at radius 2 is 1.88 bits per heavy atom. The minimum Gasteiger partial charge on any atom is -0.325 e. The van der Waals surface area contributed by atoms with Gasteiger partial charge in [-0.15, -0.1) is 0 Å². The second-order valence-corrected chi connectivity index (χ2v) is 3.13. The zero-order chi connectivity index (χ0) is 6.78. The Bertz CT molecular complexity index is 65.4. The maximum atomic E-state index is 11.8. The molecule has 0 aliphatic heterocycles. The Labute approximate surface area is 50.1 Å². The molecule has 0 spiro atoms. The quantitative estimate of drug-likeness (QED) is 0.553. The lowest BCUT2D eigenvalue weighted by atomic mass is 9.88. The van der Waals surface area contributed by atoms with Crippen molar-refractivity contribution in [2.75, 3.05) is 6.67 Å². The Balaban J connectivity index is 3.62. The van der Waals surface area contributed by atoms with Crippen LogP contribution in [0.5, 0.6) is 0 Å². The van der Waals surface area contributed by atoms with E-state index in [1.165, 1.54) is 0 Å². The maximum Gasteiger partial charge on any atom is 0.105 e. The summed E-state index contributed by atoms with van der Waals surface area (Å²) in [5.41, 5.74) is 5.29. The first-order chi connectivity index (χ1) is 3.48. The lowest BCUT2D eigenvalue weighted by Crippen LogP contribution is -2.36. The third kappa shape index (κ3) is 2.26. The van der Waals surface area contributed by atoms with Gasteiger partial charge in [0.25, 0.3) is 0 Å². The molecule has 0 heterocycles. The van der Waals surface area contributed by atoms with E-state index in [1.807, 2.05) is 20.8 Å². The van der Waals surface area contributed by atoms with Crippen LogP contribution >= 0.6 is 0 Å². The molecule has 2 N–H and O–H groups in total. The molecule has 0 rings (SSSR count). The third-order valence-electron chi connectivity index (χ3n) is 1.28. The number of hydrogen-bond acceptors (Lipinski definition) is 1. The van der Waals surface area contributed by atoms with Gasteiger partial charge in [0.05, 0.1) is 0 Å². The molecule has 1 nitrogen and oxygen atoms in total. The summed E-state index contributed by atoms with van der Waals surface area (Å²) in [6.07, 6.45) is 0. The molecular formula is C6H14FN. The number of rotatable bonds is 1. The van der Waals surface area contributed by atoms with E-state index >= 15 is 0 Å². The van der Waals surface area contributed by atoms with Gasteiger partial charge in [-0.1, -0.05) is 20.8 Å². The summed E-state index contributed by atoms with van der Waals surface area (Å²) in [7, 11) is 0. The van der Waals surface area contributed by atoms with Crippen molar-refractivity contribution in [2.45, 2.75) is 26.8 Å². The molecule has 0 unspecified atom stereocenters. The van der Waals surface area contributed by atoms with Crippen LogP contribution in [0.4, 0.5) is 4.39 Å². The fraction of sp³-hybridized carbons (Fsp3) is 1.00. The molecule has 0 aromatic heterocycles. The van der Waals surface area contributed by atoms with Gasteiger partial charge in [-0.3, -0.25) is 0 Å². The first-order valence-corrected chi connectivity index (χ1v) is 2.80. The highest BCUT2D eigenvalue weighted by atomic mass is 19.1. The summed E-state index contributed by atoms with van der Waals surface area (Å²) in [5, 5.41) is 0. The van der Waals surface area contributed by atoms with Crippen molar-refractivity contribution in [1.29, 1.82) is 0 Å². The molecule has 0 fully saturated rings. The van der Waals surface area contributed by atoms with Crippen LogP contribution in [0.15, 0.2) is 0 Å². The summed E-state index contributed by atoms with van der Waals surface area (Å²) < 4.78 is 11.8. The molecule has 0 saturated heterocycles. The summed E-state index contributed by atoms with van der Waals surface area (Å²) in [6.45, 7) is 5.36. The molecule has 0 amide bonds. The van der Waals surface area contributed by atoms with Crippen LogP contribution in [-0.4, -0.2) is 12.7 Å². The normalized spacial score (nSPS) is 16.1. The van der Waals surface area contributed by atoms with Gasteiger partial charge in [-0.05, 0) is 5.41 Å². The summed E-state index contributed by atoms with van der Waals surface area (Å²) in [4.78, 5) is 0. The van der Waals surface area contributed by atoms with Crippen LogP contribution in [-0.2, 0) is 0 Å². The highest BCUT2D eigenvalue weighted by Gasteiger charge is 2.19. The third-order valence-corrected chi connectivity index (χ3v) is 1.28. The Morgan fingerprint density at radius 3 is 1.88 bits per heavy atom. The van der Waals surface area contributed by atoms with Crippen molar-refractivity contribution < 1.29 is 4.39 Å². The van der Waals surface area contributed by atoms with Gasteiger partial charge >= 0.3 is 0 Å². The van der Waals surface area contributed by atoms with Crippen LogP contribution < -0.4 is 5.73 Å². The average molecular weight is 119 g/mol. The van der Waals surface area contributed by atoms with Crippen molar-refractivity contribution in [2.24, 2.45) is 11.1 Å². The number of halogens is 1. The topological polar surface area (TPSA) is 26.0 Å². The molecule has 0 aliphatic rings. The molecule has 0 aliphatic carbocycles. The predicted molar refractivity (Wildman–Crippen MR) is 33.4 cm³/mol. The minimum absolute atomic E-state index is 0.0885. The lowest BCUT2D eigenvalue weighted by molar-refractivity contribution is 0.264. The molecule has 50 valence electrons. The molecule has 8 heavy (non-hydrogen) atoms. The van der Waals surface area contributed by atoms with E-state index in [0.29, 0.717) is 0 Å². The van der Waals surface area contributed by atoms with Crippen molar-refractivity contribution in [3.05, 3.63) is 0 Å². The molecule has 1 atom stereocenters. The molecular weight excluding hydrogens is 105 g/mol. The van der Waals surface area contributed by atoms with E-state index in [2.05, 4.69) is 0 Å². The van der Waals surface area contributed by atoms with Crippen molar-refractivity contribution in [1.82, 2.24) is 0 Å². The van der Waals surface area contributed by atoms with E-state index in [1.54, 1.807) is 0 Å². The smallest absolute Gasteiger partial charge is 0.105 e. The average Bonchev–Trinajstić information content (AvgIpc) is 1.62. The fourth-order valence-corrected chi connectivity index (χ4v) is 0.231. The zero-order valence-corrected chi connectivity index (χ0v) is 5.74. The first-order valence-electron chi connectivity index (χ1n) is 2.80. The highest BCUT2D eigenvalue weighted by Crippen LogP contribution is 2.16. The van der Waals surface area contributed by atoms with Gasteiger partial charge in [0.15, 0.2) is 0 Å². The molecule has 2 heteroatoms. The Kier molecular flexibility index (Phi) is 2.41. The maximum absolute atomic E-state index is 11.8. The van der Waals surface area contributed by atoms with E-state index in [0.717, 1.165) is 0 Å². The largest absolute Gasteiger partial charge is 0.325 e. The number of alkyl halides is 1. The summed E-state index contributed by atoms with van der Waals surface area (Å²) >= 11 is 0. The van der Waals surface area contributed by atoms with Crippen LogP contribution in [0.3, 0.4) is 0 Å². The Hall–Kier alpha value is -0.110. The summed E-state index contributed by atoms with van der Waals surface area (Å²) in [5.74, 6) is 0. The van der Waals surface area contributed by atoms with Crippen LogP contribution in [0, 0.1) is 5.41 Å². The van der Waals surface area contributed by atoms with Gasteiger partial charge < -0.3 is 5.73 Å². The predicted octanol–water partition coefficient (Wildman–Crippen LogP) is 1.33. The standard InChI is InChI=1S/C6H14FN/c1-6(2,3)5(8)4-7/h5H,4,8H2,1-3H3/t5-/m0/s1. The molecule has 0 aromatic carbocycles. The van der Waals surface area contributed by atoms with Crippen LogP contribution in [0.1, 0.15) is 20.8 Å². The lowest BCUT2D eigenvalue weighted by Gasteiger charge is -2.23. The number of hydrogen-bond donors (Lipinski definition) is 1. The zero-order valence-electron chi connectivity index (χ0n) is 5.74. The second kappa shape index (κ2) is 2.44. The second-order valence-electron chi connectivity index (χ2n) is 3.13. The summed E-state index contributed by atoms with van der Waals surface area (Å²) in [6, 6.07) is -0.317. The monoisotopic (exact) mass is 119 g/mol. The number of nitrogens with two attached hydrogens (primary N) is 1. The van der Waals surface area contributed by atoms with Crippen molar-refractivity contribution in [3.63, 3.8) is 0 Å². The van der Waals surface area contributed by atoms with Gasteiger partial charge in [-0.2, -0.15) is 0 Å². The SMILES string of the molecule is CC(C)(C)[C@@H](N)CF. The molecule has 0 saturated carbocycles. The van der Waals surface area contributed by atoms with E-state index in [4.69, 9.17) is 5.73 Å².